The van der Waals surface area contributed by atoms with Gasteiger partial charge in [-0.15, -0.1) is 0 Å². The molecule has 0 fully saturated rings. The molecule has 1 aromatic rings. The molecule has 4 heteroatoms. The Morgan fingerprint density at radius 3 is 3.08 bits per heavy atom. The zero-order valence-corrected chi connectivity index (χ0v) is 8.58. The van der Waals surface area contributed by atoms with E-state index in [1.54, 1.807) is 0 Å². The molecule has 1 N–H and O–H groups in total. The van der Waals surface area contributed by atoms with E-state index in [1.807, 2.05) is 25.1 Å². The predicted molar refractivity (Wildman–Crippen MR) is 55.3 cm³/mol. The van der Waals surface area contributed by atoms with Crippen LogP contribution in [0.1, 0.15) is 5.56 Å². The molecule has 1 unspecified atom stereocenters. The summed E-state index contributed by atoms with van der Waals surface area (Å²) in [7, 11) is 0. The highest BCUT2D eigenvalue weighted by molar-refractivity contribution is 8.02. The number of para-hydroxylation sites is 1. The van der Waals surface area contributed by atoms with Gasteiger partial charge < -0.3 is 5.32 Å². The summed E-state index contributed by atoms with van der Waals surface area (Å²) in [5.74, 6) is -0.131. The lowest BCUT2D eigenvalue weighted by atomic mass is 10.2. The van der Waals surface area contributed by atoms with E-state index in [0.717, 1.165) is 16.1 Å². The third-order valence-electron chi connectivity index (χ3n) is 1.92. The molecule has 1 aromatic carbocycles. The molecule has 0 radical (unpaired) electrons. The Kier molecular flexibility index (Phi) is 2.22. The van der Waals surface area contributed by atoms with E-state index in [9.17, 15) is 4.79 Å². The molecular weight excluding hydrogens is 206 g/mol. The molecule has 1 aliphatic heterocycles. The minimum absolute atomic E-state index is 0.131. The van der Waals surface area contributed by atoms with E-state index < -0.39 is 4.71 Å². The molecule has 0 aromatic heterocycles. The first-order chi connectivity index (χ1) is 6.18. The first kappa shape index (κ1) is 8.91. The third-order valence-corrected chi connectivity index (χ3v) is 3.40. The minimum Gasteiger partial charge on any atom is -0.323 e. The van der Waals surface area contributed by atoms with Gasteiger partial charge in [-0.2, -0.15) is 0 Å². The summed E-state index contributed by atoms with van der Waals surface area (Å²) in [5, 5.41) is 2.79. The highest BCUT2D eigenvalue weighted by atomic mass is 35.5. The Morgan fingerprint density at radius 1 is 1.54 bits per heavy atom. The lowest BCUT2D eigenvalue weighted by molar-refractivity contribution is -0.114. The maximum absolute atomic E-state index is 11.2. The van der Waals surface area contributed by atoms with Gasteiger partial charge in [0.05, 0.1) is 5.69 Å². The van der Waals surface area contributed by atoms with Crippen LogP contribution in [0.15, 0.2) is 23.1 Å². The maximum atomic E-state index is 11.2. The summed E-state index contributed by atoms with van der Waals surface area (Å²) in [5.41, 5.74) is 1.97. The number of rotatable bonds is 0. The molecule has 1 heterocycles. The van der Waals surface area contributed by atoms with Crippen molar-refractivity contribution in [3.05, 3.63) is 23.8 Å². The van der Waals surface area contributed by atoms with Crippen LogP contribution in [-0.2, 0) is 4.79 Å². The van der Waals surface area contributed by atoms with Gasteiger partial charge in [0.2, 0.25) is 0 Å². The first-order valence-electron chi connectivity index (χ1n) is 3.89. The summed E-state index contributed by atoms with van der Waals surface area (Å²) in [4.78, 5) is 12.3. The number of aryl methyl sites for hydroxylation is 1. The number of amides is 1. The second-order valence-corrected chi connectivity index (χ2v) is 4.71. The molecule has 0 bridgehead atoms. The van der Waals surface area contributed by atoms with Gasteiger partial charge in [0.25, 0.3) is 5.91 Å². The Labute approximate surface area is 85.7 Å². The van der Waals surface area contributed by atoms with Crippen molar-refractivity contribution in [1.82, 2.24) is 0 Å². The number of benzene rings is 1. The molecule has 1 atom stereocenters. The average molecular weight is 214 g/mol. The van der Waals surface area contributed by atoms with Crippen molar-refractivity contribution in [1.29, 1.82) is 0 Å². The fraction of sp³-hybridized carbons (Fsp3) is 0.222. The summed E-state index contributed by atoms with van der Waals surface area (Å²) >= 11 is 7.19. The Morgan fingerprint density at radius 2 is 2.31 bits per heavy atom. The number of nitrogens with one attached hydrogen (secondary N) is 1. The van der Waals surface area contributed by atoms with Crippen LogP contribution in [0.4, 0.5) is 5.69 Å². The van der Waals surface area contributed by atoms with Gasteiger partial charge in [-0.1, -0.05) is 35.5 Å². The van der Waals surface area contributed by atoms with Crippen LogP contribution in [0.2, 0.25) is 0 Å². The summed E-state index contributed by atoms with van der Waals surface area (Å²) in [6.07, 6.45) is 0. The second kappa shape index (κ2) is 3.24. The zero-order valence-electron chi connectivity index (χ0n) is 7.00. The number of carbonyl (C=O) groups excluding carboxylic acids is 1. The molecule has 2 nitrogen and oxygen atoms in total. The van der Waals surface area contributed by atoms with E-state index >= 15 is 0 Å². The summed E-state index contributed by atoms with van der Waals surface area (Å²) < 4.78 is -0.505. The predicted octanol–water partition coefficient (Wildman–Crippen LogP) is 2.60. The van der Waals surface area contributed by atoms with Crippen LogP contribution in [0, 0.1) is 6.92 Å². The van der Waals surface area contributed by atoms with Gasteiger partial charge in [-0.3, -0.25) is 4.79 Å². The SMILES string of the molecule is Cc1cccc2c1NC(=O)C(Cl)S2. The van der Waals surface area contributed by atoms with Crippen molar-refractivity contribution in [3.8, 4) is 0 Å². The van der Waals surface area contributed by atoms with Gasteiger partial charge >= 0.3 is 0 Å². The average Bonchev–Trinajstić information content (AvgIpc) is 2.09. The molecule has 13 heavy (non-hydrogen) atoms. The fourth-order valence-electron chi connectivity index (χ4n) is 1.24. The largest absolute Gasteiger partial charge is 0.323 e. The maximum Gasteiger partial charge on any atom is 0.253 e. The number of halogens is 1. The summed E-state index contributed by atoms with van der Waals surface area (Å²) in [6, 6.07) is 5.89. The lowest BCUT2D eigenvalue weighted by Crippen LogP contribution is -2.25. The van der Waals surface area contributed by atoms with Crippen LogP contribution >= 0.6 is 23.4 Å². The molecular formula is C9H8ClNOS. The van der Waals surface area contributed by atoms with Crippen LogP contribution in [0.3, 0.4) is 0 Å². The van der Waals surface area contributed by atoms with Crippen LogP contribution in [-0.4, -0.2) is 10.6 Å². The Hall–Kier alpha value is -0.670. The normalized spacial score (nSPS) is 20.8. The quantitative estimate of drug-likeness (QED) is 0.672. The number of anilines is 1. The van der Waals surface area contributed by atoms with Crippen molar-refractivity contribution in [3.63, 3.8) is 0 Å². The van der Waals surface area contributed by atoms with Gasteiger partial charge in [0.1, 0.15) is 0 Å². The number of alkyl halides is 1. The zero-order chi connectivity index (χ0) is 9.42. The van der Waals surface area contributed by atoms with Crippen molar-refractivity contribution < 1.29 is 4.79 Å². The van der Waals surface area contributed by atoms with Gasteiger partial charge in [0, 0.05) is 4.90 Å². The first-order valence-corrected chi connectivity index (χ1v) is 5.21. The third kappa shape index (κ3) is 1.54. The second-order valence-electron chi connectivity index (χ2n) is 2.87. The van der Waals surface area contributed by atoms with Gasteiger partial charge in [0.15, 0.2) is 4.71 Å². The van der Waals surface area contributed by atoms with E-state index in [1.165, 1.54) is 11.8 Å². The molecule has 0 saturated carbocycles. The molecule has 1 amide bonds. The van der Waals surface area contributed by atoms with Crippen LogP contribution in [0.25, 0.3) is 0 Å². The molecule has 0 spiro atoms. The highest BCUT2D eigenvalue weighted by Crippen LogP contribution is 2.38. The van der Waals surface area contributed by atoms with Gasteiger partial charge in [-0.05, 0) is 18.6 Å². The number of hydrogen-bond acceptors (Lipinski definition) is 2. The van der Waals surface area contributed by atoms with Crippen molar-refractivity contribution in [2.45, 2.75) is 16.5 Å². The topological polar surface area (TPSA) is 29.1 Å². The summed E-state index contributed by atoms with van der Waals surface area (Å²) in [6.45, 7) is 1.97. The number of hydrogen-bond donors (Lipinski definition) is 1. The minimum atomic E-state index is -0.505. The number of thioether (sulfide) groups is 1. The van der Waals surface area contributed by atoms with Crippen molar-refractivity contribution >= 4 is 35.0 Å². The molecule has 68 valence electrons. The van der Waals surface area contributed by atoms with Crippen molar-refractivity contribution in [2.24, 2.45) is 0 Å². The molecule has 1 aliphatic rings. The van der Waals surface area contributed by atoms with E-state index in [4.69, 9.17) is 11.6 Å². The van der Waals surface area contributed by atoms with Crippen molar-refractivity contribution in [2.75, 3.05) is 5.32 Å². The van der Waals surface area contributed by atoms with E-state index in [0.29, 0.717) is 0 Å². The molecule has 0 aliphatic carbocycles. The number of carbonyl (C=O) groups is 1. The van der Waals surface area contributed by atoms with Crippen LogP contribution < -0.4 is 5.32 Å². The monoisotopic (exact) mass is 213 g/mol. The Bertz CT molecular complexity index is 367. The number of fused-ring (bicyclic) bond motifs is 1. The van der Waals surface area contributed by atoms with Crippen LogP contribution in [0.5, 0.6) is 0 Å². The molecule has 0 saturated heterocycles. The molecule has 2 rings (SSSR count). The Balaban J connectivity index is 2.48. The fourth-order valence-corrected chi connectivity index (χ4v) is 2.46. The highest BCUT2D eigenvalue weighted by Gasteiger charge is 2.25. The standard InChI is InChI=1S/C9H8ClNOS/c1-5-3-2-4-6-7(5)11-9(12)8(10)13-6/h2-4,8H,1H3,(H,11,12). The van der Waals surface area contributed by atoms with E-state index in [2.05, 4.69) is 5.32 Å². The van der Waals surface area contributed by atoms with Gasteiger partial charge in [-0.25, -0.2) is 0 Å². The lowest BCUT2D eigenvalue weighted by Gasteiger charge is -2.21. The van der Waals surface area contributed by atoms with E-state index in [-0.39, 0.29) is 5.91 Å². The smallest absolute Gasteiger partial charge is 0.253 e.